The highest BCUT2D eigenvalue weighted by Gasteiger charge is 2.35. The fraction of sp³-hybridized carbons (Fsp3) is 0.381. The summed E-state index contributed by atoms with van der Waals surface area (Å²) in [7, 11) is 0. The third kappa shape index (κ3) is 3.44. The third-order valence-electron chi connectivity index (χ3n) is 5.60. The van der Waals surface area contributed by atoms with E-state index in [-0.39, 0.29) is 11.7 Å². The van der Waals surface area contributed by atoms with E-state index in [1.807, 2.05) is 6.07 Å². The molecule has 3 aromatic rings. The number of halogens is 2. The van der Waals surface area contributed by atoms with Gasteiger partial charge in [0.1, 0.15) is 17.7 Å². The molecule has 0 radical (unpaired) electrons. The fourth-order valence-corrected chi connectivity index (χ4v) is 4.09. The predicted molar refractivity (Wildman–Crippen MR) is 111 cm³/mol. The average Bonchev–Trinajstić information content (AvgIpc) is 3.07. The van der Waals surface area contributed by atoms with Crippen LogP contribution in [0.15, 0.2) is 30.6 Å². The van der Waals surface area contributed by atoms with E-state index in [2.05, 4.69) is 10.1 Å². The lowest BCUT2D eigenvalue weighted by Crippen LogP contribution is -2.46. The van der Waals surface area contributed by atoms with E-state index in [0.29, 0.717) is 48.3 Å². The molecule has 0 spiro atoms. The molecule has 0 bridgehead atoms. The number of rotatable bonds is 3. The van der Waals surface area contributed by atoms with E-state index < -0.39 is 17.4 Å². The SMILES string of the molecule is CC(C)(F)C(=O)N1CCC(c2cc(-c3ccc(N)cc3F)c3c(N)ncnn23)CC1. The van der Waals surface area contributed by atoms with Gasteiger partial charge in [-0.2, -0.15) is 5.10 Å². The molecule has 1 saturated heterocycles. The molecule has 1 aliphatic rings. The first-order valence-corrected chi connectivity index (χ1v) is 9.82. The zero-order chi connectivity index (χ0) is 21.6. The number of fused-ring (bicyclic) bond motifs is 1. The molecule has 4 N–H and O–H groups in total. The molecule has 2 aromatic heterocycles. The zero-order valence-electron chi connectivity index (χ0n) is 16.9. The van der Waals surface area contributed by atoms with Crippen molar-refractivity contribution in [1.82, 2.24) is 19.5 Å². The van der Waals surface area contributed by atoms with E-state index >= 15 is 0 Å². The molecular formula is C21H24F2N6O. The maximum atomic E-state index is 14.6. The Morgan fingerprint density at radius 3 is 2.50 bits per heavy atom. The first kappa shape index (κ1) is 20.1. The van der Waals surface area contributed by atoms with Gasteiger partial charge in [-0.15, -0.1) is 0 Å². The summed E-state index contributed by atoms with van der Waals surface area (Å²) >= 11 is 0. The average molecular weight is 414 g/mol. The molecule has 9 heteroatoms. The van der Waals surface area contributed by atoms with Gasteiger partial charge in [0.2, 0.25) is 0 Å². The van der Waals surface area contributed by atoms with E-state index in [0.717, 1.165) is 5.69 Å². The minimum absolute atomic E-state index is 0.0594. The van der Waals surface area contributed by atoms with Crippen molar-refractivity contribution in [3.8, 4) is 11.1 Å². The van der Waals surface area contributed by atoms with Gasteiger partial charge in [-0.3, -0.25) is 4.79 Å². The molecule has 1 fully saturated rings. The van der Waals surface area contributed by atoms with Gasteiger partial charge in [0.25, 0.3) is 5.91 Å². The molecule has 30 heavy (non-hydrogen) atoms. The summed E-state index contributed by atoms with van der Waals surface area (Å²) < 4.78 is 30.4. The van der Waals surface area contributed by atoms with Gasteiger partial charge >= 0.3 is 0 Å². The van der Waals surface area contributed by atoms with Crippen LogP contribution in [0.5, 0.6) is 0 Å². The van der Waals surface area contributed by atoms with Gasteiger partial charge in [-0.05, 0) is 51.0 Å². The molecule has 4 rings (SSSR count). The van der Waals surface area contributed by atoms with Gasteiger partial charge < -0.3 is 16.4 Å². The Labute approximate surface area is 172 Å². The number of carbonyl (C=O) groups excluding carboxylic acids is 1. The first-order chi connectivity index (χ1) is 14.2. The molecular weight excluding hydrogens is 390 g/mol. The summed E-state index contributed by atoms with van der Waals surface area (Å²) in [6.45, 7) is 3.43. The number of nitrogens with two attached hydrogens (primary N) is 2. The van der Waals surface area contributed by atoms with Crippen LogP contribution in [-0.4, -0.2) is 44.2 Å². The zero-order valence-corrected chi connectivity index (χ0v) is 16.9. The van der Waals surface area contributed by atoms with Crippen molar-refractivity contribution in [3.63, 3.8) is 0 Å². The maximum absolute atomic E-state index is 14.6. The number of benzene rings is 1. The third-order valence-corrected chi connectivity index (χ3v) is 5.60. The standard InChI is InChI=1S/C21H24F2N6O/c1-21(2,23)20(30)28-7-5-12(6-8-28)17-10-15(14-4-3-13(24)9-16(14)22)18-19(25)26-11-27-29(17)18/h3-4,9-12H,5-8,24H2,1-2H3,(H2,25,26,27). The van der Waals surface area contributed by atoms with Crippen molar-refractivity contribution >= 4 is 22.9 Å². The number of nitrogens with zero attached hydrogens (tertiary/aromatic N) is 4. The normalized spacial score (nSPS) is 15.7. The number of piperidine rings is 1. The number of likely N-dealkylation sites (tertiary alicyclic amines) is 1. The van der Waals surface area contributed by atoms with Gasteiger partial charge in [-0.1, -0.05) is 0 Å². The van der Waals surface area contributed by atoms with E-state index in [9.17, 15) is 13.6 Å². The molecule has 1 aliphatic heterocycles. The monoisotopic (exact) mass is 414 g/mol. The number of alkyl halides is 1. The van der Waals surface area contributed by atoms with Crippen LogP contribution in [-0.2, 0) is 4.79 Å². The van der Waals surface area contributed by atoms with Crippen LogP contribution in [0.3, 0.4) is 0 Å². The second-order valence-corrected chi connectivity index (χ2v) is 8.17. The van der Waals surface area contributed by atoms with Crippen molar-refractivity contribution in [2.75, 3.05) is 24.6 Å². The molecule has 7 nitrogen and oxygen atoms in total. The van der Waals surface area contributed by atoms with Gasteiger partial charge in [0, 0.05) is 41.5 Å². The summed E-state index contributed by atoms with van der Waals surface area (Å²) in [4.78, 5) is 17.8. The van der Waals surface area contributed by atoms with Crippen LogP contribution in [0.25, 0.3) is 16.6 Å². The molecule has 0 unspecified atom stereocenters. The van der Waals surface area contributed by atoms with Crippen molar-refractivity contribution in [1.29, 1.82) is 0 Å². The summed E-state index contributed by atoms with van der Waals surface area (Å²) in [5, 5.41) is 4.34. The number of nitrogen functional groups attached to an aromatic ring is 2. The summed E-state index contributed by atoms with van der Waals surface area (Å²) in [6, 6.07) is 6.38. The maximum Gasteiger partial charge on any atom is 0.259 e. The van der Waals surface area contributed by atoms with Crippen LogP contribution in [0.1, 0.15) is 38.3 Å². The van der Waals surface area contributed by atoms with Crippen LogP contribution in [0.2, 0.25) is 0 Å². The minimum atomic E-state index is -1.89. The quantitative estimate of drug-likeness (QED) is 0.641. The van der Waals surface area contributed by atoms with Crippen LogP contribution in [0.4, 0.5) is 20.3 Å². The molecule has 0 saturated carbocycles. The Hall–Kier alpha value is -3.23. The second kappa shape index (κ2) is 7.23. The Bertz CT molecular complexity index is 1110. The Morgan fingerprint density at radius 1 is 1.17 bits per heavy atom. The largest absolute Gasteiger partial charge is 0.399 e. The summed E-state index contributed by atoms with van der Waals surface area (Å²) in [5.41, 5.74) is 12.6. The molecule has 1 aromatic carbocycles. The highest BCUT2D eigenvalue weighted by atomic mass is 19.1. The molecule has 3 heterocycles. The highest BCUT2D eigenvalue weighted by Crippen LogP contribution is 2.38. The number of hydrogen-bond donors (Lipinski definition) is 2. The topological polar surface area (TPSA) is 103 Å². The highest BCUT2D eigenvalue weighted by molar-refractivity contribution is 5.89. The smallest absolute Gasteiger partial charge is 0.259 e. The molecule has 1 amide bonds. The first-order valence-electron chi connectivity index (χ1n) is 9.82. The Kier molecular flexibility index (Phi) is 4.83. The molecule has 0 atom stereocenters. The van der Waals surface area contributed by atoms with Crippen molar-refractivity contribution in [3.05, 3.63) is 42.1 Å². The number of carbonyl (C=O) groups is 1. The van der Waals surface area contributed by atoms with E-state index in [1.165, 1.54) is 26.2 Å². The van der Waals surface area contributed by atoms with Crippen molar-refractivity contribution in [2.24, 2.45) is 0 Å². The number of hydrogen-bond acceptors (Lipinski definition) is 5. The summed E-state index contributed by atoms with van der Waals surface area (Å²) in [5.74, 6) is -0.654. The lowest BCUT2D eigenvalue weighted by atomic mass is 9.92. The number of aromatic nitrogens is 3. The van der Waals surface area contributed by atoms with Gasteiger partial charge in [0.05, 0.1) is 0 Å². The second-order valence-electron chi connectivity index (χ2n) is 8.17. The minimum Gasteiger partial charge on any atom is -0.399 e. The predicted octanol–water partition coefficient (Wildman–Crippen LogP) is 3.15. The molecule has 158 valence electrons. The number of amides is 1. The fourth-order valence-electron chi connectivity index (χ4n) is 4.09. The van der Waals surface area contributed by atoms with Gasteiger partial charge in [0.15, 0.2) is 11.5 Å². The van der Waals surface area contributed by atoms with Gasteiger partial charge in [-0.25, -0.2) is 18.3 Å². The number of anilines is 2. The molecule has 0 aliphatic carbocycles. The lowest BCUT2D eigenvalue weighted by molar-refractivity contribution is -0.143. The Morgan fingerprint density at radius 2 is 1.87 bits per heavy atom. The summed E-state index contributed by atoms with van der Waals surface area (Å²) in [6.07, 6.45) is 2.64. The van der Waals surface area contributed by atoms with E-state index in [1.54, 1.807) is 21.5 Å². The van der Waals surface area contributed by atoms with Crippen molar-refractivity contribution in [2.45, 2.75) is 38.3 Å². The van der Waals surface area contributed by atoms with Crippen LogP contribution in [0, 0.1) is 5.82 Å². The van der Waals surface area contributed by atoms with Crippen molar-refractivity contribution < 1.29 is 13.6 Å². The Balaban J connectivity index is 1.71. The van der Waals surface area contributed by atoms with Crippen LogP contribution < -0.4 is 11.5 Å². The van der Waals surface area contributed by atoms with Crippen LogP contribution >= 0.6 is 0 Å². The van der Waals surface area contributed by atoms with E-state index in [4.69, 9.17) is 11.5 Å². The lowest BCUT2D eigenvalue weighted by Gasteiger charge is -2.34.